The molecule has 1 aromatic rings. The Hall–Kier alpha value is -1.55. The predicted molar refractivity (Wildman–Crippen MR) is 77.1 cm³/mol. The van der Waals surface area contributed by atoms with Crippen molar-refractivity contribution in [1.82, 2.24) is 10.6 Å². The summed E-state index contributed by atoms with van der Waals surface area (Å²) >= 11 is 0. The van der Waals surface area contributed by atoms with Crippen molar-refractivity contribution in [2.45, 2.75) is 20.4 Å². The Kier molecular flexibility index (Phi) is 6.36. The first-order valence-electron chi connectivity index (χ1n) is 6.64. The van der Waals surface area contributed by atoms with Crippen molar-refractivity contribution in [3.63, 3.8) is 0 Å². The first-order valence-corrected chi connectivity index (χ1v) is 6.64. The van der Waals surface area contributed by atoms with Gasteiger partial charge in [0.05, 0.1) is 13.0 Å². The molecule has 19 heavy (non-hydrogen) atoms. The first kappa shape index (κ1) is 15.5. The standard InChI is InChI=1S/C15H24N2O2/c1-11(2)13(10-16-3)15(18)17-9-12-7-5-6-8-14(12)19-4/h5-8,11,13,16H,9-10H2,1-4H3,(H,17,18). The molecule has 1 atom stereocenters. The summed E-state index contributed by atoms with van der Waals surface area (Å²) in [7, 11) is 3.50. The Morgan fingerprint density at radius 3 is 2.58 bits per heavy atom. The van der Waals surface area contributed by atoms with Crippen molar-refractivity contribution < 1.29 is 9.53 Å². The van der Waals surface area contributed by atoms with Gasteiger partial charge in [0.2, 0.25) is 5.91 Å². The van der Waals surface area contributed by atoms with Gasteiger partial charge in [-0.3, -0.25) is 4.79 Å². The lowest BCUT2D eigenvalue weighted by atomic mass is 9.95. The monoisotopic (exact) mass is 264 g/mol. The van der Waals surface area contributed by atoms with Gasteiger partial charge < -0.3 is 15.4 Å². The van der Waals surface area contributed by atoms with E-state index in [-0.39, 0.29) is 11.8 Å². The van der Waals surface area contributed by atoms with Crippen molar-refractivity contribution in [2.24, 2.45) is 11.8 Å². The van der Waals surface area contributed by atoms with E-state index in [4.69, 9.17) is 4.74 Å². The zero-order valence-corrected chi connectivity index (χ0v) is 12.2. The van der Waals surface area contributed by atoms with Crippen molar-refractivity contribution >= 4 is 5.91 Å². The number of para-hydroxylation sites is 1. The number of methoxy groups -OCH3 is 1. The largest absolute Gasteiger partial charge is 0.496 e. The molecule has 1 rings (SSSR count). The summed E-state index contributed by atoms with van der Waals surface area (Å²) in [6, 6.07) is 7.72. The highest BCUT2D eigenvalue weighted by Gasteiger charge is 2.21. The number of carbonyl (C=O) groups excluding carboxylic acids is 1. The Balaban J connectivity index is 2.62. The van der Waals surface area contributed by atoms with Gasteiger partial charge in [0.15, 0.2) is 0 Å². The van der Waals surface area contributed by atoms with Gasteiger partial charge in [-0.1, -0.05) is 32.0 Å². The first-order chi connectivity index (χ1) is 9.10. The molecule has 106 valence electrons. The third-order valence-corrected chi connectivity index (χ3v) is 3.21. The van der Waals surface area contributed by atoms with E-state index in [0.717, 1.165) is 11.3 Å². The average molecular weight is 264 g/mol. The molecule has 0 spiro atoms. The second-order valence-corrected chi connectivity index (χ2v) is 4.94. The lowest BCUT2D eigenvalue weighted by Gasteiger charge is -2.20. The highest BCUT2D eigenvalue weighted by Crippen LogP contribution is 2.17. The predicted octanol–water partition coefficient (Wildman–Crippen LogP) is 1.80. The molecule has 4 heteroatoms. The Labute approximate surface area is 115 Å². The SMILES string of the molecule is CNCC(C(=O)NCc1ccccc1OC)C(C)C. The maximum absolute atomic E-state index is 12.2. The minimum atomic E-state index is -0.0142. The molecule has 1 aromatic carbocycles. The third-order valence-electron chi connectivity index (χ3n) is 3.21. The average Bonchev–Trinajstić information content (AvgIpc) is 2.42. The third kappa shape index (κ3) is 4.56. The van der Waals surface area contributed by atoms with Crippen LogP contribution in [-0.4, -0.2) is 26.6 Å². The van der Waals surface area contributed by atoms with Crippen LogP contribution < -0.4 is 15.4 Å². The van der Waals surface area contributed by atoms with Gasteiger partial charge in [0.1, 0.15) is 5.75 Å². The Morgan fingerprint density at radius 1 is 1.32 bits per heavy atom. The summed E-state index contributed by atoms with van der Waals surface area (Å²) in [6.45, 7) is 5.31. The number of benzene rings is 1. The van der Waals surface area contributed by atoms with E-state index in [2.05, 4.69) is 24.5 Å². The van der Waals surface area contributed by atoms with Crippen LogP contribution in [0.2, 0.25) is 0 Å². The zero-order chi connectivity index (χ0) is 14.3. The minimum absolute atomic E-state index is 0.0142. The second kappa shape index (κ2) is 7.79. The molecule has 0 radical (unpaired) electrons. The molecule has 0 bridgehead atoms. The summed E-state index contributed by atoms with van der Waals surface area (Å²) in [5.74, 6) is 1.18. The van der Waals surface area contributed by atoms with Crippen LogP contribution in [0.4, 0.5) is 0 Å². The Bertz CT molecular complexity index is 405. The summed E-state index contributed by atoms with van der Waals surface area (Å²) in [4.78, 5) is 12.2. The lowest BCUT2D eigenvalue weighted by molar-refractivity contribution is -0.126. The number of carbonyl (C=O) groups is 1. The molecular formula is C15H24N2O2. The molecule has 0 saturated carbocycles. The van der Waals surface area contributed by atoms with Gasteiger partial charge >= 0.3 is 0 Å². The van der Waals surface area contributed by atoms with E-state index in [0.29, 0.717) is 19.0 Å². The number of hydrogen-bond donors (Lipinski definition) is 2. The molecule has 1 amide bonds. The zero-order valence-electron chi connectivity index (χ0n) is 12.2. The molecule has 0 aliphatic heterocycles. The van der Waals surface area contributed by atoms with Crippen LogP contribution in [-0.2, 0) is 11.3 Å². The topological polar surface area (TPSA) is 50.4 Å². The molecule has 0 heterocycles. The van der Waals surface area contributed by atoms with Gasteiger partial charge in [0, 0.05) is 18.7 Å². The number of rotatable bonds is 7. The van der Waals surface area contributed by atoms with Crippen molar-refractivity contribution in [2.75, 3.05) is 20.7 Å². The number of nitrogens with one attached hydrogen (secondary N) is 2. The molecule has 0 saturated heterocycles. The number of amides is 1. The molecular weight excluding hydrogens is 240 g/mol. The van der Waals surface area contributed by atoms with Crippen molar-refractivity contribution in [3.05, 3.63) is 29.8 Å². The second-order valence-electron chi connectivity index (χ2n) is 4.94. The molecule has 2 N–H and O–H groups in total. The molecule has 4 nitrogen and oxygen atoms in total. The molecule has 1 unspecified atom stereocenters. The van der Waals surface area contributed by atoms with Crippen LogP contribution in [0.1, 0.15) is 19.4 Å². The molecule has 0 aliphatic rings. The fraction of sp³-hybridized carbons (Fsp3) is 0.533. The fourth-order valence-corrected chi connectivity index (χ4v) is 2.01. The summed E-state index contributed by atoms with van der Waals surface area (Å²) in [6.07, 6.45) is 0. The van der Waals surface area contributed by atoms with Crippen LogP contribution in [0, 0.1) is 11.8 Å². The van der Waals surface area contributed by atoms with E-state index >= 15 is 0 Å². The van der Waals surface area contributed by atoms with Crippen LogP contribution in [0.3, 0.4) is 0 Å². The summed E-state index contributed by atoms with van der Waals surface area (Å²) in [5, 5.41) is 6.05. The van der Waals surface area contributed by atoms with Gasteiger partial charge in [-0.15, -0.1) is 0 Å². The van der Waals surface area contributed by atoms with Crippen LogP contribution >= 0.6 is 0 Å². The van der Waals surface area contributed by atoms with Crippen LogP contribution in [0.15, 0.2) is 24.3 Å². The normalized spacial score (nSPS) is 12.3. The lowest BCUT2D eigenvalue weighted by Crippen LogP contribution is -2.38. The van der Waals surface area contributed by atoms with Gasteiger partial charge in [-0.25, -0.2) is 0 Å². The van der Waals surface area contributed by atoms with E-state index in [1.54, 1.807) is 7.11 Å². The quantitative estimate of drug-likeness (QED) is 0.789. The highest BCUT2D eigenvalue weighted by molar-refractivity contribution is 5.79. The Morgan fingerprint density at radius 2 is 2.00 bits per heavy atom. The molecule has 0 fully saturated rings. The van der Waals surface area contributed by atoms with E-state index in [1.807, 2.05) is 31.3 Å². The number of hydrogen-bond acceptors (Lipinski definition) is 3. The van der Waals surface area contributed by atoms with Crippen molar-refractivity contribution in [1.29, 1.82) is 0 Å². The summed E-state index contributed by atoms with van der Waals surface area (Å²) < 4.78 is 5.27. The minimum Gasteiger partial charge on any atom is -0.496 e. The van der Waals surface area contributed by atoms with Crippen LogP contribution in [0.5, 0.6) is 5.75 Å². The maximum atomic E-state index is 12.2. The van der Waals surface area contributed by atoms with E-state index < -0.39 is 0 Å². The molecule has 0 aromatic heterocycles. The molecule has 0 aliphatic carbocycles. The van der Waals surface area contributed by atoms with E-state index in [1.165, 1.54) is 0 Å². The highest BCUT2D eigenvalue weighted by atomic mass is 16.5. The van der Waals surface area contributed by atoms with Gasteiger partial charge in [0.25, 0.3) is 0 Å². The number of ether oxygens (including phenoxy) is 1. The van der Waals surface area contributed by atoms with Crippen LogP contribution in [0.25, 0.3) is 0 Å². The van der Waals surface area contributed by atoms with Gasteiger partial charge in [-0.05, 0) is 19.0 Å². The fourth-order valence-electron chi connectivity index (χ4n) is 2.01. The maximum Gasteiger partial charge on any atom is 0.224 e. The smallest absolute Gasteiger partial charge is 0.224 e. The summed E-state index contributed by atoms with van der Waals surface area (Å²) in [5.41, 5.74) is 0.991. The van der Waals surface area contributed by atoms with Gasteiger partial charge in [-0.2, -0.15) is 0 Å². The van der Waals surface area contributed by atoms with Crippen molar-refractivity contribution in [3.8, 4) is 5.75 Å². The van der Waals surface area contributed by atoms with E-state index in [9.17, 15) is 4.79 Å².